The number of hydrogen-bond acceptors (Lipinski definition) is 3. The van der Waals surface area contributed by atoms with Crippen LogP contribution in [0, 0.1) is 10.8 Å². The summed E-state index contributed by atoms with van der Waals surface area (Å²) in [6, 6.07) is 0.160. The Hall–Kier alpha value is -0.810. The molecule has 0 spiro atoms. The van der Waals surface area contributed by atoms with Crippen LogP contribution in [0.15, 0.2) is 0 Å². The lowest BCUT2D eigenvalue weighted by Gasteiger charge is -2.42. The fraction of sp³-hybridized carbons (Fsp3) is 0.875. The van der Waals surface area contributed by atoms with Crippen molar-refractivity contribution in [3.05, 3.63) is 0 Å². The fourth-order valence-electron chi connectivity index (χ4n) is 2.45. The molecule has 0 aromatic rings. The predicted molar refractivity (Wildman–Crippen MR) is 91.9 cm³/mol. The zero-order valence-corrected chi connectivity index (χ0v) is 15.4. The minimum absolute atomic E-state index is 0. The van der Waals surface area contributed by atoms with Gasteiger partial charge in [-0.1, -0.05) is 34.6 Å². The summed E-state index contributed by atoms with van der Waals surface area (Å²) < 4.78 is 0. The summed E-state index contributed by atoms with van der Waals surface area (Å²) in [6.07, 6.45) is 2.03. The minimum atomic E-state index is -0.378. The van der Waals surface area contributed by atoms with E-state index in [9.17, 15) is 9.59 Å². The highest BCUT2D eigenvalue weighted by Gasteiger charge is 2.35. The molecule has 0 bridgehead atoms. The van der Waals surface area contributed by atoms with Gasteiger partial charge in [0.15, 0.2) is 0 Å². The van der Waals surface area contributed by atoms with Gasteiger partial charge in [-0.2, -0.15) is 0 Å². The van der Waals surface area contributed by atoms with Crippen LogP contribution in [-0.2, 0) is 9.59 Å². The third-order valence-corrected chi connectivity index (χ3v) is 4.20. The molecule has 1 heterocycles. The van der Waals surface area contributed by atoms with Gasteiger partial charge in [-0.15, -0.1) is 12.4 Å². The quantitative estimate of drug-likeness (QED) is 0.772. The Morgan fingerprint density at radius 2 is 1.91 bits per heavy atom. The van der Waals surface area contributed by atoms with Crippen molar-refractivity contribution in [3.63, 3.8) is 0 Å². The highest BCUT2D eigenvalue weighted by Crippen LogP contribution is 2.28. The molecular weight excluding hydrogens is 302 g/mol. The fourth-order valence-corrected chi connectivity index (χ4v) is 2.45. The number of likely N-dealkylation sites (tertiary alicyclic amines) is 1. The number of piperidine rings is 1. The number of nitrogens with zero attached hydrogens (tertiary/aromatic N) is 1. The average molecular weight is 334 g/mol. The van der Waals surface area contributed by atoms with Gasteiger partial charge in [-0.25, -0.2) is 0 Å². The van der Waals surface area contributed by atoms with Crippen LogP contribution in [-0.4, -0.2) is 42.4 Å². The van der Waals surface area contributed by atoms with Crippen molar-refractivity contribution in [1.29, 1.82) is 0 Å². The number of amides is 2. The van der Waals surface area contributed by atoms with Crippen molar-refractivity contribution in [1.82, 2.24) is 10.2 Å². The molecule has 6 heteroatoms. The van der Waals surface area contributed by atoms with Crippen molar-refractivity contribution >= 4 is 24.2 Å². The smallest absolute Gasteiger partial charge is 0.225 e. The van der Waals surface area contributed by atoms with Crippen LogP contribution in [0.5, 0.6) is 0 Å². The Morgan fingerprint density at radius 1 is 1.32 bits per heavy atom. The molecular formula is C16H32ClN3O2. The maximum Gasteiger partial charge on any atom is 0.225 e. The number of nitrogens with one attached hydrogen (secondary N) is 1. The van der Waals surface area contributed by atoms with Gasteiger partial charge in [0.25, 0.3) is 0 Å². The van der Waals surface area contributed by atoms with Gasteiger partial charge < -0.3 is 16.0 Å². The summed E-state index contributed by atoms with van der Waals surface area (Å²) in [6.45, 7) is 11.9. The zero-order valence-electron chi connectivity index (χ0n) is 14.6. The van der Waals surface area contributed by atoms with E-state index in [1.54, 1.807) is 0 Å². The maximum absolute atomic E-state index is 12.2. The third-order valence-electron chi connectivity index (χ3n) is 4.20. The molecule has 0 aromatic carbocycles. The molecule has 1 atom stereocenters. The molecule has 3 N–H and O–H groups in total. The minimum Gasteiger partial charge on any atom is -0.356 e. The first kappa shape index (κ1) is 21.2. The predicted octanol–water partition coefficient (Wildman–Crippen LogP) is 1.94. The van der Waals surface area contributed by atoms with Gasteiger partial charge in [-0.3, -0.25) is 9.59 Å². The molecule has 2 amide bonds. The molecule has 1 saturated heterocycles. The molecule has 0 saturated carbocycles. The number of rotatable bonds is 4. The second-order valence-electron chi connectivity index (χ2n) is 7.81. The van der Waals surface area contributed by atoms with E-state index < -0.39 is 0 Å². The lowest BCUT2D eigenvalue weighted by Crippen LogP contribution is -2.54. The summed E-state index contributed by atoms with van der Waals surface area (Å²) in [5, 5.41) is 2.87. The van der Waals surface area contributed by atoms with Gasteiger partial charge in [0.05, 0.1) is 0 Å². The summed E-state index contributed by atoms with van der Waals surface area (Å²) >= 11 is 0. The zero-order chi connectivity index (χ0) is 16.3. The molecule has 5 nitrogen and oxygen atoms in total. The Morgan fingerprint density at radius 3 is 2.41 bits per heavy atom. The van der Waals surface area contributed by atoms with E-state index in [1.807, 2.05) is 25.7 Å². The Kier molecular flexibility index (Phi) is 7.86. The number of halogens is 1. The van der Waals surface area contributed by atoms with Gasteiger partial charge in [0, 0.05) is 37.5 Å². The standard InChI is InChI=1S/C16H31N3O2.ClH/c1-15(2,3)14(21)18-9-6-7-13(20)19-10-8-12(17)16(4,5)11-19;/h12H,6-11,17H2,1-5H3,(H,18,21);1H. The first-order chi connectivity index (χ1) is 9.54. The van der Waals surface area contributed by atoms with Crippen molar-refractivity contribution in [2.75, 3.05) is 19.6 Å². The molecule has 0 radical (unpaired) electrons. The molecule has 22 heavy (non-hydrogen) atoms. The highest BCUT2D eigenvalue weighted by atomic mass is 35.5. The summed E-state index contributed by atoms with van der Waals surface area (Å²) in [4.78, 5) is 25.8. The van der Waals surface area contributed by atoms with Crippen LogP contribution in [0.1, 0.15) is 53.9 Å². The monoisotopic (exact) mass is 333 g/mol. The van der Waals surface area contributed by atoms with Gasteiger partial charge >= 0.3 is 0 Å². The Balaban J connectivity index is 0.00000441. The second-order valence-corrected chi connectivity index (χ2v) is 7.81. The summed E-state index contributed by atoms with van der Waals surface area (Å²) in [5.41, 5.74) is 5.69. The first-order valence-corrected chi connectivity index (χ1v) is 7.86. The molecule has 0 aromatic heterocycles. The summed E-state index contributed by atoms with van der Waals surface area (Å²) in [5.74, 6) is 0.194. The van der Waals surface area contributed by atoms with Crippen molar-refractivity contribution in [2.45, 2.75) is 59.9 Å². The average Bonchev–Trinajstić information content (AvgIpc) is 2.36. The van der Waals surface area contributed by atoms with E-state index >= 15 is 0 Å². The van der Waals surface area contributed by atoms with Crippen LogP contribution in [0.3, 0.4) is 0 Å². The van der Waals surface area contributed by atoms with Crippen LogP contribution in [0.25, 0.3) is 0 Å². The first-order valence-electron chi connectivity index (χ1n) is 7.86. The topological polar surface area (TPSA) is 75.4 Å². The molecule has 1 aliphatic rings. The van der Waals surface area contributed by atoms with E-state index in [1.165, 1.54) is 0 Å². The molecule has 1 unspecified atom stereocenters. The molecule has 1 fully saturated rings. The Bertz CT molecular complexity index is 391. The van der Waals surface area contributed by atoms with Crippen LogP contribution in [0.4, 0.5) is 0 Å². The molecule has 1 rings (SSSR count). The van der Waals surface area contributed by atoms with Crippen molar-refractivity contribution < 1.29 is 9.59 Å². The molecule has 130 valence electrons. The van der Waals surface area contributed by atoms with E-state index in [0.29, 0.717) is 19.4 Å². The maximum atomic E-state index is 12.2. The van der Waals surface area contributed by atoms with E-state index in [2.05, 4.69) is 19.2 Å². The highest BCUT2D eigenvalue weighted by molar-refractivity contribution is 5.85. The number of carbonyl (C=O) groups is 2. The molecule has 1 aliphatic heterocycles. The van der Waals surface area contributed by atoms with E-state index in [4.69, 9.17) is 5.73 Å². The van der Waals surface area contributed by atoms with Gasteiger partial charge in [0.2, 0.25) is 11.8 Å². The normalized spacial score (nSPS) is 21.0. The van der Waals surface area contributed by atoms with E-state index in [-0.39, 0.29) is 41.1 Å². The number of carbonyl (C=O) groups excluding carboxylic acids is 2. The van der Waals surface area contributed by atoms with Gasteiger partial charge in [-0.05, 0) is 18.3 Å². The van der Waals surface area contributed by atoms with Gasteiger partial charge in [0.1, 0.15) is 0 Å². The van der Waals surface area contributed by atoms with Crippen LogP contribution in [0.2, 0.25) is 0 Å². The lowest BCUT2D eigenvalue weighted by molar-refractivity contribution is -0.135. The van der Waals surface area contributed by atoms with Crippen molar-refractivity contribution in [2.24, 2.45) is 16.6 Å². The van der Waals surface area contributed by atoms with E-state index in [0.717, 1.165) is 19.5 Å². The Labute approximate surface area is 140 Å². The SMILES string of the molecule is CC(C)(C)C(=O)NCCCC(=O)N1CCC(N)C(C)(C)C1.Cl. The lowest BCUT2D eigenvalue weighted by atomic mass is 9.79. The van der Waals surface area contributed by atoms with Crippen LogP contribution >= 0.6 is 12.4 Å². The van der Waals surface area contributed by atoms with Crippen LogP contribution < -0.4 is 11.1 Å². The second kappa shape index (κ2) is 8.16. The van der Waals surface area contributed by atoms with Crippen molar-refractivity contribution in [3.8, 4) is 0 Å². The number of hydrogen-bond donors (Lipinski definition) is 2. The summed E-state index contributed by atoms with van der Waals surface area (Å²) in [7, 11) is 0. The largest absolute Gasteiger partial charge is 0.356 e. The third kappa shape index (κ3) is 6.13. The molecule has 0 aliphatic carbocycles. The number of nitrogens with two attached hydrogens (primary N) is 1.